The Morgan fingerprint density at radius 2 is 1.63 bits per heavy atom. The summed E-state index contributed by atoms with van der Waals surface area (Å²) < 4.78 is 20.6. The third-order valence-corrected chi connectivity index (χ3v) is 5.04. The monoisotopic (exact) mass is 367 g/mol. The molecule has 140 valence electrons. The Hall–Kier alpha value is -2.73. The van der Waals surface area contributed by atoms with Crippen LogP contribution in [0.4, 0.5) is 4.39 Å². The molecule has 0 aliphatic carbocycles. The van der Waals surface area contributed by atoms with E-state index in [-0.39, 0.29) is 5.82 Å². The van der Waals surface area contributed by atoms with Crippen LogP contribution in [0.1, 0.15) is 19.3 Å². The van der Waals surface area contributed by atoms with Crippen LogP contribution >= 0.6 is 0 Å². The first kappa shape index (κ1) is 17.7. The van der Waals surface area contributed by atoms with E-state index in [1.165, 1.54) is 31.4 Å². The molecule has 0 atom stereocenters. The molecule has 0 unspecified atom stereocenters. The normalized spacial score (nSPS) is 15.1. The van der Waals surface area contributed by atoms with E-state index >= 15 is 0 Å². The largest absolute Gasteiger partial charge is 0.365 e. The third kappa shape index (κ3) is 3.85. The van der Waals surface area contributed by atoms with Crippen LogP contribution in [-0.4, -0.2) is 34.3 Å². The molecule has 0 N–H and O–H groups in total. The molecule has 1 fully saturated rings. The number of benzene rings is 1. The zero-order valence-electron chi connectivity index (χ0n) is 15.1. The molecule has 0 saturated carbocycles. The van der Waals surface area contributed by atoms with Crippen LogP contribution in [0.3, 0.4) is 0 Å². The lowest BCUT2D eigenvalue weighted by Crippen LogP contribution is -2.32. The average molecular weight is 367 g/mol. The van der Waals surface area contributed by atoms with Crippen molar-refractivity contribution in [1.29, 1.82) is 0 Å². The predicted molar refractivity (Wildman–Crippen MR) is 102 cm³/mol. The molecule has 3 aromatic rings. The summed E-state index contributed by atoms with van der Waals surface area (Å²) in [6.45, 7) is 3.59. The molecule has 2 aromatic heterocycles. The summed E-state index contributed by atoms with van der Waals surface area (Å²) in [5, 5.41) is 0. The van der Waals surface area contributed by atoms with Gasteiger partial charge in [0.25, 0.3) is 0 Å². The number of likely N-dealkylation sites (tertiary alicyclic amines) is 1. The number of hydrogen-bond donors (Lipinski definition) is 0. The fraction of sp³-hybridized carbons (Fsp3) is 0.333. The van der Waals surface area contributed by atoms with E-state index in [0.717, 1.165) is 25.2 Å². The Kier molecular flexibility index (Phi) is 5.16. The van der Waals surface area contributed by atoms with Gasteiger partial charge in [-0.1, -0.05) is 18.6 Å². The Labute approximate surface area is 157 Å². The molecule has 0 amide bonds. The molecule has 0 spiro atoms. The summed E-state index contributed by atoms with van der Waals surface area (Å²) in [6.07, 6.45) is 7.10. The van der Waals surface area contributed by atoms with Gasteiger partial charge in [0.15, 0.2) is 0 Å². The number of aromatic nitrogens is 2. The van der Waals surface area contributed by atoms with Crippen LogP contribution in [0.25, 0.3) is 22.4 Å². The number of piperidine rings is 1. The number of hydrogen-bond acceptors (Lipinski definition) is 4. The zero-order chi connectivity index (χ0) is 18.6. The number of pyridine rings is 1. The third-order valence-electron chi connectivity index (χ3n) is 5.04. The molecular weight excluding hydrogens is 345 g/mol. The van der Waals surface area contributed by atoms with Crippen LogP contribution in [0.5, 0.6) is 0 Å². The van der Waals surface area contributed by atoms with Crippen molar-refractivity contribution < 1.29 is 8.91 Å². The maximum absolute atomic E-state index is 13.3. The van der Waals surface area contributed by atoms with Gasteiger partial charge < -0.3 is 9.42 Å². The molecule has 1 aromatic carbocycles. The van der Waals surface area contributed by atoms with Gasteiger partial charge in [0.1, 0.15) is 5.82 Å². The second-order valence-electron chi connectivity index (χ2n) is 6.85. The van der Waals surface area contributed by atoms with E-state index in [0.29, 0.717) is 23.4 Å². The fourth-order valence-corrected chi connectivity index (χ4v) is 3.65. The van der Waals surface area contributed by atoms with Crippen molar-refractivity contribution in [2.45, 2.75) is 25.8 Å². The van der Waals surface area contributed by atoms with E-state index in [1.54, 1.807) is 29.3 Å². The zero-order valence-corrected chi connectivity index (χ0v) is 15.1. The van der Waals surface area contributed by atoms with Gasteiger partial charge in [0.05, 0.1) is 17.8 Å². The van der Waals surface area contributed by atoms with Crippen molar-refractivity contribution in [3.05, 3.63) is 65.0 Å². The van der Waals surface area contributed by atoms with E-state index in [2.05, 4.69) is 9.88 Å². The van der Waals surface area contributed by atoms with Crippen molar-refractivity contribution in [3.8, 4) is 22.4 Å². The summed E-state index contributed by atoms with van der Waals surface area (Å²) in [6, 6.07) is 9.65. The van der Waals surface area contributed by atoms with Crippen LogP contribution in [0.2, 0.25) is 0 Å². The Morgan fingerprint density at radius 1 is 0.926 bits per heavy atom. The highest BCUT2D eigenvalue weighted by Gasteiger charge is 2.21. The van der Waals surface area contributed by atoms with Crippen LogP contribution in [0.15, 0.2) is 58.1 Å². The van der Waals surface area contributed by atoms with Crippen molar-refractivity contribution in [2.75, 3.05) is 19.6 Å². The molecule has 3 heterocycles. The van der Waals surface area contributed by atoms with Gasteiger partial charge in [0, 0.05) is 24.5 Å². The van der Waals surface area contributed by atoms with Crippen LogP contribution in [0, 0.1) is 5.82 Å². The van der Waals surface area contributed by atoms with Crippen molar-refractivity contribution in [2.24, 2.45) is 0 Å². The Bertz CT molecular complexity index is 942. The van der Waals surface area contributed by atoms with E-state index in [4.69, 9.17) is 4.52 Å². The van der Waals surface area contributed by atoms with Crippen LogP contribution in [-0.2, 0) is 6.54 Å². The highest BCUT2D eigenvalue weighted by Crippen LogP contribution is 2.30. The number of nitrogens with zero attached hydrogens (tertiary/aromatic N) is 3. The lowest BCUT2D eigenvalue weighted by atomic mass is 10.0. The van der Waals surface area contributed by atoms with Gasteiger partial charge in [-0.05, 0) is 55.8 Å². The molecule has 4 rings (SSSR count). The first-order valence-corrected chi connectivity index (χ1v) is 9.35. The number of rotatable bonds is 5. The number of halogens is 1. The molecular formula is C21H22FN3O2. The highest BCUT2D eigenvalue weighted by atomic mass is 19.1. The van der Waals surface area contributed by atoms with Crippen molar-refractivity contribution in [1.82, 2.24) is 14.6 Å². The van der Waals surface area contributed by atoms with Gasteiger partial charge >= 0.3 is 5.63 Å². The first-order chi connectivity index (χ1) is 13.2. The second kappa shape index (κ2) is 7.88. The maximum atomic E-state index is 13.3. The van der Waals surface area contributed by atoms with E-state index in [9.17, 15) is 9.18 Å². The Morgan fingerprint density at radius 3 is 2.33 bits per heavy atom. The smallest absolute Gasteiger partial charge is 0.335 e. The van der Waals surface area contributed by atoms with Crippen molar-refractivity contribution >= 4 is 0 Å². The molecule has 1 aliphatic rings. The second-order valence-corrected chi connectivity index (χ2v) is 6.85. The highest BCUT2D eigenvalue weighted by molar-refractivity contribution is 5.80. The fourth-order valence-electron chi connectivity index (χ4n) is 3.65. The molecule has 6 heteroatoms. The summed E-state index contributed by atoms with van der Waals surface area (Å²) in [5.74, 6) is -0.335. The van der Waals surface area contributed by atoms with Crippen molar-refractivity contribution in [3.63, 3.8) is 0 Å². The van der Waals surface area contributed by atoms with E-state index in [1.807, 2.05) is 12.1 Å². The summed E-state index contributed by atoms with van der Waals surface area (Å²) in [7, 11) is 0. The molecule has 0 bridgehead atoms. The molecule has 27 heavy (non-hydrogen) atoms. The minimum absolute atomic E-state index is 0.335. The minimum atomic E-state index is -0.410. The lowest BCUT2D eigenvalue weighted by Gasteiger charge is -2.26. The van der Waals surface area contributed by atoms with Gasteiger partial charge in [0.2, 0.25) is 0 Å². The summed E-state index contributed by atoms with van der Waals surface area (Å²) >= 11 is 0. The van der Waals surface area contributed by atoms with Gasteiger partial charge in [-0.2, -0.15) is 0 Å². The first-order valence-electron chi connectivity index (χ1n) is 9.35. The molecule has 1 aliphatic heterocycles. The SMILES string of the molecule is O=c1on(CCN2CCCCC2)c(-c2ccncc2)c1-c1ccc(F)cc1. The van der Waals surface area contributed by atoms with E-state index < -0.39 is 5.63 Å². The quantitative estimate of drug-likeness (QED) is 0.688. The summed E-state index contributed by atoms with van der Waals surface area (Å²) in [4.78, 5) is 19.1. The molecule has 5 nitrogen and oxygen atoms in total. The topological polar surface area (TPSA) is 51.3 Å². The van der Waals surface area contributed by atoms with Gasteiger partial charge in [-0.15, -0.1) is 0 Å². The van der Waals surface area contributed by atoms with Gasteiger partial charge in [-0.3, -0.25) is 4.98 Å². The Balaban J connectivity index is 1.73. The van der Waals surface area contributed by atoms with Crippen LogP contribution < -0.4 is 5.63 Å². The average Bonchev–Trinajstić information content (AvgIpc) is 3.04. The van der Waals surface area contributed by atoms with Gasteiger partial charge in [-0.25, -0.2) is 13.9 Å². The maximum Gasteiger partial charge on any atom is 0.365 e. The lowest BCUT2D eigenvalue weighted by molar-refractivity contribution is 0.179. The molecule has 1 saturated heterocycles. The predicted octanol–water partition coefficient (Wildman–Crippen LogP) is 3.80. The molecule has 0 radical (unpaired) electrons. The summed E-state index contributed by atoms with van der Waals surface area (Å²) in [5.41, 5.74) is 2.26. The minimum Gasteiger partial charge on any atom is -0.335 e. The standard InChI is InChI=1S/C21H22FN3O2/c22-18-6-4-16(5-7-18)19-20(17-8-10-23-11-9-17)25(27-21(19)26)15-14-24-12-2-1-3-13-24/h4-11H,1-3,12-15H2.